The van der Waals surface area contributed by atoms with Crippen LogP contribution in [0.25, 0.3) is 0 Å². The van der Waals surface area contributed by atoms with Crippen molar-refractivity contribution in [1.29, 1.82) is 0 Å². The van der Waals surface area contributed by atoms with Gasteiger partial charge < -0.3 is 5.32 Å². The highest BCUT2D eigenvalue weighted by atomic mass is 35.5. The Morgan fingerprint density at radius 1 is 1.15 bits per heavy atom. The molecule has 1 saturated carbocycles. The molecule has 1 amide bonds. The van der Waals surface area contributed by atoms with Crippen molar-refractivity contribution in [2.75, 3.05) is 0 Å². The van der Waals surface area contributed by atoms with Crippen LogP contribution in [0.15, 0.2) is 47.4 Å². The lowest BCUT2D eigenvalue weighted by Gasteiger charge is -2.16. The first-order valence-corrected chi connectivity index (χ1v) is 10.4. The summed E-state index contributed by atoms with van der Waals surface area (Å²) in [5, 5.41) is 3.79. The zero-order valence-corrected chi connectivity index (χ0v) is 16.3. The van der Waals surface area contributed by atoms with Crippen LogP contribution < -0.4 is 10.0 Å². The van der Waals surface area contributed by atoms with Crippen molar-refractivity contribution in [1.82, 2.24) is 10.0 Å². The van der Waals surface area contributed by atoms with Crippen LogP contribution in [0.5, 0.6) is 0 Å². The predicted octanol–water partition coefficient (Wildman–Crippen LogP) is 3.93. The summed E-state index contributed by atoms with van der Waals surface area (Å²) in [4.78, 5) is 12.6. The Bertz CT molecular complexity index is 943. The third-order valence-corrected chi connectivity index (χ3v) is 6.16. The minimum atomic E-state index is -3.61. The zero-order valence-electron chi connectivity index (χ0n) is 14.0. The highest BCUT2D eigenvalue weighted by Crippen LogP contribution is 2.26. The second-order valence-corrected chi connectivity index (χ2v) is 8.84. The zero-order chi connectivity index (χ0) is 18.9. The lowest BCUT2D eigenvalue weighted by atomic mass is 10.1. The van der Waals surface area contributed by atoms with Crippen molar-refractivity contribution in [2.45, 2.75) is 36.7 Å². The molecule has 2 aromatic rings. The molecule has 138 valence electrons. The maximum Gasteiger partial charge on any atom is 0.251 e. The van der Waals surface area contributed by atoms with E-state index in [9.17, 15) is 13.2 Å². The van der Waals surface area contributed by atoms with E-state index in [2.05, 4.69) is 10.0 Å². The lowest BCUT2D eigenvalue weighted by Crippen LogP contribution is -2.28. The van der Waals surface area contributed by atoms with E-state index in [1.807, 2.05) is 0 Å². The van der Waals surface area contributed by atoms with Crippen molar-refractivity contribution in [2.24, 2.45) is 0 Å². The molecule has 2 aromatic carbocycles. The molecule has 0 unspecified atom stereocenters. The van der Waals surface area contributed by atoms with Crippen molar-refractivity contribution in [3.8, 4) is 0 Å². The monoisotopic (exact) mass is 412 g/mol. The van der Waals surface area contributed by atoms with Crippen LogP contribution in [0.3, 0.4) is 0 Å². The Hall–Kier alpha value is -1.60. The molecule has 1 fully saturated rings. The minimum Gasteiger partial charge on any atom is -0.345 e. The van der Waals surface area contributed by atoms with Gasteiger partial charge in [0.25, 0.3) is 5.91 Å². The van der Waals surface area contributed by atoms with E-state index >= 15 is 0 Å². The van der Waals surface area contributed by atoms with Gasteiger partial charge in [-0.15, -0.1) is 0 Å². The number of hydrogen-bond acceptors (Lipinski definition) is 3. The smallest absolute Gasteiger partial charge is 0.251 e. The van der Waals surface area contributed by atoms with Crippen molar-refractivity contribution < 1.29 is 13.2 Å². The maximum absolute atomic E-state index is 12.5. The first-order valence-electron chi connectivity index (χ1n) is 8.14. The van der Waals surface area contributed by atoms with Crippen molar-refractivity contribution >= 4 is 39.1 Å². The van der Waals surface area contributed by atoms with Gasteiger partial charge in [0, 0.05) is 21.7 Å². The normalized spacial score (nSPS) is 15.5. The van der Waals surface area contributed by atoms with Gasteiger partial charge in [-0.2, -0.15) is 0 Å². The third kappa shape index (κ3) is 4.57. The molecule has 8 heteroatoms. The number of carbonyl (C=O) groups is 1. The van der Waals surface area contributed by atoms with Crippen LogP contribution in [0.2, 0.25) is 10.0 Å². The topological polar surface area (TPSA) is 75.3 Å². The van der Waals surface area contributed by atoms with Gasteiger partial charge in [-0.25, -0.2) is 13.1 Å². The fourth-order valence-electron chi connectivity index (χ4n) is 2.50. The molecular formula is C18H18Cl2N2O3S. The quantitative estimate of drug-likeness (QED) is 0.754. The van der Waals surface area contributed by atoms with Gasteiger partial charge in [-0.1, -0.05) is 35.3 Å². The second kappa shape index (κ2) is 7.56. The molecule has 0 spiro atoms. The summed E-state index contributed by atoms with van der Waals surface area (Å²) in [7, 11) is -3.61. The highest BCUT2D eigenvalue weighted by molar-refractivity contribution is 7.89. The van der Waals surface area contributed by atoms with Crippen LogP contribution in [0.4, 0.5) is 0 Å². The van der Waals surface area contributed by atoms with Crippen LogP contribution in [-0.4, -0.2) is 20.4 Å². The molecule has 0 aromatic heterocycles. The van der Waals surface area contributed by atoms with E-state index in [4.69, 9.17) is 23.2 Å². The Balaban J connectivity index is 1.76. The molecule has 1 aliphatic rings. The largest absolute Gasteiger partial charge is 0.345 e. The summed E-state index contributed by atoms with van der Waals surface area (Å²) in [6.07, 6.45) is 1.69. The molecular weight excluding hydrogens is 395 g/mol. The number of carbonyl (C=O) groups excluding carboxylic acids is 1. The first-order chi connectivity index (χ1) is 12.3. The molecule has 26 heavy (non-hydrogen) atoms. The van der Waals surface area contributed by atoms with E-state index in [1.54, 1.807) is 37.3 Å². The van der Waals surface area contributed by atoms with Crippen LogP contribution in [0.1, 0.15) is 41.7 Å². The van der Waals surface area contributed by atoms with Crippen LogP contribution in [0, 0.1) is 0 Å². The Morgan fingerprint density at radius 3 is 2.54 bits per heavy atom. The Labute approximate surface area is 162 Å². The van der Waals surface area contributed by atoms with Gasteiger partial charge in [0.2, 0.25) is 10.0 Å². The average molecular weight is 413 g/mol. The van der Waals surface area contributed by atoms with Crippen LogP contribution >= 0.6 is 23.2 Å². The van der Waals surface area contributed by atoms with Crippen LogP contribution in [-0.2, 0) is 10.0 Å². The number of nitrogens with one attached hydrogen (secondary N) is 2. The molecule has 0 heterocycles. The standard InChI is InChI=1S/C18H18Cl2N2O3S/c1-11(16-8-5-13(19)10-17(16)20)21-18(23)12-3-2-4-15(9-12)26(24,25)22-14-6-7-14/h2-5,8-11,14,22H,6-7H2,1H3,(H,21,23)/t11-/m1/s1. The predicted molar refractivity (Wildman–Crippen MR) is 102 cm³/mol. The van der Waals surface area contributed by atoms with Gasteiger partial charge in [-0.3, -0.25) is 4.79 Å². The third-order valence-electron chi connectivity index (χ3n) is 4.08. The van der Waals surface area contributed by atoms with E-state index in [0.29, 0.717) is 10.0 Å². The number of halogens is 2. The van der Waals surface area contributed by atoms with E-state index in [1.165, 1.54) is 12.1 Å². The van der Waals surface area contributed by atoms with Gasteiger partial charge in [-0.05, 0) is 55.7 Å². The number of rotatable bonds is 6. The van der Waals surface area contributed by atoms with E-state index in [-0.39, 0.29) is 28.4 Å². The summed E-state index contributed by atoms with van der Waals surface area (Å²) in [5.74, 6) is -0.382. The van der Waals surface area contributed by atoms with Gasteiger partial charge in [0.15, 0.2) is 0 Å². The number of sulfonamides is 1. The molecule has 3 rings (SSSR count). The molecule has 0 aliphatic heterocycles. The second-order valence-electron chi connectivity index (χ2n) is 6.28. The molecule has 0 radical (unpaired) electrons. The summed E-state index contributed by atoms with van der Waals surface area (Å²) in [5.41, 5.74) is 0.990. The number of amides is 1. The number of benzene rings is 2. The summed E-state index contributed by atoms with van der Waals surface area (Å²) >= 11 is 12.1. The van der Waals surface area contributed by atoms with Crippen molar-refractivity contribution in [3.05, 3.63) is 63.6 Å². The summed E-state index contributed by atoms with van der Waals surface area (Å²) in [6.45, 7) is 1.79. The van der Waals surface area contributed by atoms with Gasteiger partial charge in [0.1, 0.15) is 0 Å². The van der Waals surface area contributed by atoms with E-state index < -0.39 is 10.0 Å². The molecule has 0 saturated heterocycles. The Morgan fingerprint density at radius 2 is 1.88 bits per heavy atom. The first kappa shape index (κ1) is 19.2. The molecule has 1 atom stereocenters. The molecule has 2 N–H and O–H groups in total. The molecule has 0 bridgehead atoms. The lowest BCUT2D eigenvalue weighted by molar-refractivity contribution is 0.0939. The number of hydrogen-bond donors (Lipinski definition) is 2. The summed E-state index contributed by atoms with van der Waals surface area (Å²) in [6, 6.07) is 10.7. The molecule has 5 nitrogen and oxygen atoms in total. The fourth-order valence-corrected chi connectivity index (χ4v) is 4.43. The minimum absolute atomic E-state index is 0.00421. The van der Waals surface area contributed by atoms with Gasteiger partial charge >= 0.3 is 0 Å². The highest BCUT2D eigenvalue weighted by Gasteiger charge is 2.28. The van der Waals surface area contributed by atoms with E-state index in [0.717, 1.165) is 18.4 Å². The van der Waals surface area contributed by atoms with Crippen molar-refractivity contribution in [3.63, 3.8) is 0 Å². The Kier molecular flexibility index (Phi) is 5.58. The summed E-state index contributed by atoms with van der Waals surface area (Å²) < 4.78 is 27.2. The SMILES string of the molecule is C[C@@H](NC(=O)c1cccc(S(=O)(=O)NC2CC2)c1)c1ccc(Cl)cc1Cl. The maximum atomic E-state index is 12.5. The van der Waals surface area contributed by atoms with Gasteiger partial charge in [0.05, 0.1) is 10.9 Å². The average Bonchev–Trinajstić information content (AvgIpc) is 3.38. The fraction of sp³-hybridized carbons (Fsp3) is 0.278. The molecule has 1 aliphatic carbocycles.